The van der Waals surface area contributed by atoms with Crippen molar-refractivity contribution < 1.29 is 39.9 Å². The maximum Gasteiger partial charge on any atom is 0.339 e. The van der Waals surface area contributed by atoms with Gasteiger partial charge in [0.25, 0.3) is 0 Å². The number of aliphatic hydroxyl groups excluding tert-OH is 1. The number of carboxylic acids is 2. The van der Waals surface area contributed by atoms with Crippen LogP contribution in [0.2, 0.25) is 5.02 Å². The van der Waals surface area contributed by atoms with Gasteiger partial charge in [-0.3, -0.25) is 9.80 Å². The lowest BCUT2D eigenvalue weighted by Crippen LogP contribution is -2.48. The van der Waals surface area contributed by atoms with Crippen molar-refractivity contribution in [1.82, 2.24) is 9.80 Å². The molecule has 7 rings (SSSR count). The number of aromatic carboxylic acids is 2. The van der Waals surface area contributed by atoms with Crippen LogP contribution < -0.4 is 0 Å². The molecule has 55 heavy (non-hydrogen) atoms. The van der Waals surface area contributed by atoms with E-state index in [1.54, 1.807) is 48.5 Å². The highest BCUT2D eigenvalue weighted by atomic mass is 35.5. The van der Waals surface area contributed by atoms with E-state index in [1.807, 2.05) is 12.1 Å². The Bertz CT molecular complexity index is 2160. The number of nitrogens with zero attached hydrogens (tertiary/aromatic N) is 2. The largest absolute Gasteiger partial charge is 0.507 e. The van der Waals surface area contributed by atoms with Gasteiger partial charge in [-0.2, -0.15) is 0 Å². The molecule has 10 nitrogen and oxygen atoms in total. The molecule has 6 aromatic carbocycles. The van der Waals surface area contributed by atoms with Gasteiger partial charge in [-0.15, -0.1) is 0 Å². The average molecular weight is 763 g/mol. The molecule has 1 aliphatic rings. The molecule has 0 spiro atoms. The molecule has 1 saturated heterocycles. The average Bonchev–Trinajstić information content (AvgIpc) is 3.20. The van der Waals surface area contributed by atoms with Gasteiger partial charge in [-0.1, -0.05) is 103 Å². The van der Waals surface area contributed by atoms with Gasteiger partial charge in [0.2, 0.25) is 0 Å². The molecule has 1 atom stereocenters. The van der Waals surface area contributed by atoms with Crippen LogP contribution in [0.3, 0.4) is 0 Å². The van der Waals surface area contributed by atoms with Gasteiger partial charge in [-0.05, 0) is 56.9 Å². The molecular formula is C44H43ClN2O8. The molecule has 5 N–H and O–H groups in total. The molecule has 6 aromatic rings. The second kappa shape index (κ2) is 18.2. The summed E-state index contributed by atoms with van der Waals surface area (Å²) in [4.78, 5) is 28.2. The van der Waals surface area contributed by atoms with E-state index in [4.69, 9.17) is 21.4 Å². The number of ether oxygens (including phenoxy) is 1. The Morgan fingerprint density at radius 2 is 1.15 bits per heavy atom. The molecule has 0 saturated carbocycles. The summed E-state index contributed by atoms with van der Waals surface area (Å²) in [6, 6.07) is 35.9. The maximum absolute atomic E-state index is 11.6. The minimum absolute atomic E-state index is 0.0407. The van der Waals surface area contributed by atoms with Crippen molar-refractivity contribution in [2.24, 2.45) is 0 Å². The molecule has 1 heterocycles. The number of hydrogen-bond acceptors (Lipinski definition) is 8. The number of phenols is 2. The van der Waals surface area contributed by atoms with Gasteiger partial charge in [0.05, 0.1) is 25.9 Å². The molecule has 1 unspecified atom stereocenters. The van der Waals surface area contributed by atoms with Gasteiger partial charge >= 0.3 is 11.9 Å². The fourth-order valence-electron chi connectivity index (χ4n) is 7.18. The van der Waals surface area contributed by atoms with E-state index in [2.05, 4.69) is 52.3 Å². The van der Waals surface area contributed by atoms with Crippen molar-refractivity contribution in [1.29, 1.82) is 0 Å². The number of carbonyl (C=O) groups is 2. The Balaban J connectivity index is 0.000000188. The fourth-order valence-corrected chi connectivity index (χ4v) is 7.31. The first kappa shape index (κ1) is 39.2. The Hall–Kier alpha value is -5.49. The zero-order chi connectivity index (χ0) is 38.9. The van der Waals surface area contributed by atoms with Crippen molar-refractivity contribution in [2.45, 2.75) is 12.5 Å². The van der Waals surface area contributed by atoms with Crippen LogP contribution in [-0.4, -0.2) is 99.8 Å². The normalized spacial score (nSPS) is 14.0. The number of carboxylic acid groups (broad SMARTS) is 2. The van der Waals surface area contributed by atoms with E-state index in [-0.39, 0.29) is 30.2 Å². The Labute approximate surface area is 324 Å². The summed E-state index contributed by atoms with van der Waals surface area (Å²) in [6.07, 6.45) is -0.0407. The molecule has 0 bridgehead atoms. The smallest absolute Gasteiger partial charge is 0.339 e. The third-order valence-electron chi connectivity index (χ3n) is 9.93. The first-order valence-electron chi connectivity index (χ1n) is 18.1. The molecule has 1 aliphatic heterocycles. The van der Waals surface area contributed by atoms with Gasteiger partial charge in [0.1, 0.15) is 22.6 Å². The molecule has 11 heteroatoms. The van der Waals surface area contributed by atoms with Gasteiger partial charge in [-0.25, -0.2) is 9.59 Å². The lowest BCUT2D eigenvalue weighted by Gasteiger charge is -2.39. The second-order valence-electron chi connectivity index (χ2n) is 13.3. The Morgan fingerprint density at radius 3 is 1.65 bits per heavy atom. The summed E-state index contributed by atoms with van der Waals surface area (Å²) in [5, 5.41) is 52.3. The molecular weight excluding hydrogens is 720 g/mol. The second-order valence-corrected chi connectivity index (χ2v) is 13.7. The van der Waals surface area contributed by atoms with Gasteiger partial charge < -0.3 is 30.3 Å². The third-order valence-corrected chi connectivity index (χ3v) is 10.2. The minimum atomic E-state index is -1.28. The SMILES string of the molecule is O=C(O)c1cc2ccccc2c(Cc2c(O)c(C(=O)O)cc3ccccc23)c1O.OCCOCCN1CCN(C(c2ccccc2)c2ccc(Cl)cc2)CC1. The zero-order valence-corrected chi connectivity index (χ0v) is 30.9. The monoisotopic (exact) mass is 762 g/mol. The highest BCUT2D eigenvalue weighted by Crippen LogP contribution is 2.39. The first-order chi connectivity index (χ1) is 26.7. The molecule has 0 radical (unpaired) electrons. The summed E-state index contributed by atoms with van der Waals surface area (Å²) in [5.41, 5.74) is 2.70. The highest BCUT2D eigenvalue weighted by molar-refractivity contribution is 6.30. The van der Waals surface area contributed by atoms with Crippen LogP contribution in [0.1, 0.15) is 49.0 Å². The molecule has 0 amide bonds. The predicted octanol–water partition coefficient (Wildman–Crippen LogP) is 7.45. The number of fused-ring (bicyclic) bond motifs is 2. The molecule has 0 aromatic heterocycles. The topological polar surface area (TPSA) is 151 Å². The summed E-state index contributed by atoms with van der Waals surface area (Å²) < 4.78 is 5.39. The van der Waals surface area contributed by atoms with Crippen molar-refractivity contribution in [3.8, 4) is 11.5 Å². The van der Waals surface area contributed by atoms with Crippen molar-refractivity contribution >= 4 is 45.1 Å². The number of rotatable bonds is 12. The van der Waals surface area contributed by atoms with Crippen LogP contribution in [0.5, 0.6) is 11.5 Å². The van der Waals surface area contributed by atoms with Crippen LogP contribution in [0.15, 0.2) is 115 Å². The van der Waals surface area contributed by atoms with E-state index in [9.17, 15) is 30.0 Å². The maximum atomic E-state index is 11.6. The first-order valence-corrected chi connectivity index (χ1v) is 18.4. The van der Waals surface area contributed by atoms with E-state index in [0.717, 1.165) is 37.7 Å². The number of benzene rings is 6. The molecule has 1 fully saturated rings. The number of aliphatic hydroxyl groups is 1. The van der Waals surface area contributed by atoms with E-state index in [0.29, 0.717) is 45.9 Å². The van der Waals surface area contributed by atoms with E-state index >= 15 is 0 Å². The van der Waals surface area contributed by atoms with Crippen LogP contribution in [0.4, 0.5) is 0 Å². The highest BCUT2D eigenvalue weighted by Gasteiger charge is 2.27. The fraction of sp³-hybridized carbons (Fsp3) is 0.227. The quantitative estimate of drug-likeness (QED) is 0.0796. The van der Waals surface area contributed by atoms with Gasteiger partial charge in [0, 0.05) is 55.3 Å². The van der Waals surface area contributed by atoms with Crippen molar-refractivity contribution in [2.75, 3.05) is 52.5 Å². The number of piperazine rings is 1. The van der Waals surface area contributed by atoms with E-state index < -0.39 is 23.4 Å². The van der Waals surface area contributed by atoms with Crippen LogP contribution >= 0.6 is 11.6 Å². The van der Waals surface area contributed by atoms with Gasteiger partial charge in [0.15, 0.2) is 0 Å². The van der Waals surface area contributed by atoms with E-state index in [1.165, 1.54) is 23.3 Å². The third kappa shape index (κ3) is 9.25. The lowest BCUT2D eigenvalue weighted by atomic mass is 9.90. The van der Waals surface area contributed by atoms with Crippen LogP contribution in [0.25, 0.3) is 21.5 Å². The molecule has 0 aliphatic carbocycles. The zero-order valence-electron chi connectivity index (χ0n) is 30.1. The Kier molecular flexibility index (Phi) is 13.0. The predicted molar refractivity (Wildman–Crippen MR) is 214 cm³/mol. The number of hydrogen-bond donors (Lipinski definition) is 5. The number of halogens is 1. The summed E-state index contributed by atoms with van der Waals surface area (Å²) >= 11 is 6.09. The summed E-state index contributed by atoms with van der Waals surface area (Å²) in [6.45, 7) is 6.20. The summed E-state index contributed by atoms with van der Waals surface area (Å²) in [5.74, 6) is -3.36. The minimum Gasteiger partial charge on any atom is -0.507 e. The number of aromatic hydroxyl groups is 2. The van der Waals surface area contributed by atoms with Crippen LogP contribution in [0, 0.1) is 0 Å². The van der Waals surface area contributed by atoms with Crippen molar-refractivity contribution in [3.63, 3.8) is 0 Å². The Morgan fingerprint density at radius 1 is 0.655 bits per heavy atom. The lowest BCUT2D eigenvalue weighted by molar-refractivity contribution is 0.0522. The summed E-state index contributed by atoms with van der Waals surface area (Å²) in [7, 11) is 0. The van der Waals surface area contributed by atoms with Crippen LogP contribution in [-0.2, 0) is 11.2 Å². The standard InChI is InChI=1S/C23H16O6.C21H27ClN2O2/c24-20-16(14-7-3-1-5-12(14)9-18(20)22(26)27)11-17-15-8-4-2-6-13(15)10-19(21(17)25)23(28)29;22-20-8-6-19(7-9-20)21(18-4-2-1-3-5-18)24-12-10-23(11-13-24)14-16-26-17-15-25/h1-10,24-25H,11H2,(H,26,27)(H,28,29);1-9,21,25H,10-17H2. The van der Waals surface area contributed by atoms with Crippen molar-refractivity contribution in [3.05, 3.63) is 154 Å². The molecule has 284 valence electrons.